The summed E-state index contributed by atoms with van der Waals surface area (Å²) >= 11 is 1.50. The van der Waals surface area contributed by atoms with Crippen molar-refractivity contribution in [2.75, 3.05) is 33.2 Å². The van der Waals surface area contributed by atoms with Crippen molar-refractivity contribution in [3.8, 4) is 10.6 Å². The molecule has 0 saturated carbocycles. The maximum atomic E-state index is 12.8. The molecule has 136 valence electrons. The smallest absolute Gasteiger partial charge is 0.265 e. The van der Waals surface area contributed by atoms with E-state index in [0.29, 0.717) is 0 Å². The van der Waals surface area contributed by atoms with E-state index in [-0.39, 0.29) is 5.91 Å². The Bertz CT molecular complexity index is 714. The van der Waals surface area contributed by atoms with Gasteiger partial charge >= 0.3 is 0 Å². The van der Waals surface area contributed by atoms with Gasteiger partial charge in [0.25, 0.3) is 5.91 Å². The summed E-state index contributed by atoms with van der Waals surface area (Å²) in [6.07, 6.45) is 0. The van der Waals surface area contributed by atoms with Gasteiger partial charge in [0.2, 0.25) is 0 Å². The van der Waals surface area contributed by atoms with Crippen molar-refractivity contribution in [3.63, 3.8) is 0 Å². The number of aromatic nitrogens is 1. The Morgan fingerprint density at radius 1 is 1.04 bits per heavy atom. The summed E-state index contributed by atoms with van der Waals surface area (Å²) in [5.74, 6) is 0.0674. The highest BCUT2D eigenvalue weighted by Gasteiger charge is 2.20. The van der Waals surface area contributed by atoms with Crippen molar-refractivity contribution in [2.24, 2.45) is 0 Å². The third-order valence-electron chi connectivity index (χ3n) is 4.45. The molecule has 2 aromatic rings. The molecule has 0 spiro atoms. The zero-order chi connectivity index (χ0) is 18.6. The van der Waals surface area contributed by atoms with Crippen LogP contribution in [0.5, 0.6) is 0 Å². The number of rotatable bonds is 7. The second kappa shape index (κ2) is 8.59. The van der Waals surface area contributed by atoms with Gasteiger partial charge in [-0.3, -0.25) is 4.79 Å². The summed E-state index contributed by atoms with van der Waals surface area (Å²) in [5.41, 5.74) is 4.34. The minimum absolute atomic E-state index is 0.0674. The summed E-state index contributed by atoms with van der Waals surface area (Å²) in [6, 6.07) is 6.41. The molecule has 0 radical (unpaired) electrons. The van der Waals surface area contributed by atoms with Crippen molar-refractivity contribution in [2.45, 2.75) is 34.6 Å². The molecule has 5 heteroatoms. The lowest BCUT2D eigenvalue weighted by Gasteiger charge is -2.22. The zero-order valence-corrected chi connectivity index (χ0v) is 17.0. The normalized spacial score (nSPS) is 11.2. The number of hydrogen-bond donors (Lipinski definition) is 0. The highest BCUT2D eigenvalue weighted by Crippen LogP contribution is 2.30. The fourth-order valence-electron chi connectivity index (χ4n) is 2.92. The molecule has 1 aromatic heterocycles. The van der Waals surface area contributed by atoms with Crippen LogP contribution in [0.2, 0.25) is 0 Å². The highest BCUT2D eigenvalue weighted by molar-refractivity contribution is 7.17. The predicted octanol–water partition coefficient (Wildman–Crippen LogP) is 4.15. The average molecular weight is 360 g/mol. The molecule has 4 nitrogen and oxygen atoms in total. The SMILES string of the molecule is CCN(CC)CCN(C)C(=O)c1sc(-c2cc(C)cc(C)c2)nc1C. The van der Waals surface area contributed by atoms with E-state index in [0.717, 1.165) is 47.3 Å². The van der Waals surface area contributed by atoms with Crippen LogP contribution < -0.4 is 0 Å². The number of aryl methyl sites for hydroxylation is 3. The average Bonchev–Trinajstić information content (AvgIpc) is 2.96. The number of carbonyl (C=O) groups excluding carboxylic acids is 1. The van der Waals surface area contributed by atoms with Crippen LogP contribution in [0, 0.1) is 20.8 Å². The summed E-state index contributed by atoms with van der Waals surface area (Å²) < 4.78 is 0. The Kier molecular flexibility index (Phi) is 6.73. The van der Waals surface area contributed by atoms with Crippen LogP contribution >= 0.6 is 11.3 Å². The standard InChI is InChI=1S/C20H29N3OS/c1-7-23(8-2)10-9-22(6)20(24)18-16(5)21-19(25-18)17-12-14(3)11-15(4)13-17/h11-13H,7-10H2,1-6H3. The van der Waals surface area contributed by atoms with E-state index in [1.807, 2.05) is 18.9 Å². The Morgan fingerprint density at radius 3 is 2.20 bits per heavy atom. The van der Waals surface area contributed by atoms with Gasteiger partial charge in [-0.2, -0.15) is 0 Å². The number of likely N-dealkylation sites (N-methyl/N-ethyl adjacent to an activating group) is 2. The molecule has 0 saturated heterocycles. The van der Waals surface area contributed by atoms with Gasteiger partial charge in [0.1, 0.15) is 9.88 Å². The minimum atomic E-state index is 0.0674. The molecule has 1 heterocycles. The summed E-state index contributed by atoms with van der Waals surface area (Å²) in [6.45, 7) is 14.0. The van der Waals surface area contributed by atoms with E-state index >= 15 is 0 Å². The lowest BCUT2D eigenvalue weighted by Crippen LogP contribution is -2.36. The van der Waals surface area contributed by atoms with Gasteiger partial charge < -0.3 is 9.80 Å². The van der Waals surface area contributed by atoms with E-state index in [4.69, 9.17) is 0 Å². The van der Waals surface area contributed by atoms with Crippen LogP contribution in [-0.2, 0) is 0 Å². The van der Waals surface area contributed by atoms with Crippen LogP contribution in [-0.4, -0.2) is 53.9 Å². The largest absolute Gasteiger partial charge is 0.340 e. The topological polar surface area (TPSA) is 36.4 Å². The van der Waals surface area contributed by atoms with Gasteiger partial charge in [0.05, 0.1) is 5.69 Å². The molecular formula is C20H29N3OS. The number of hydrogen-bond acceptors (Lipinski definition) is 4. The molecule has 0 fully saturated rings. The Morgan fingerprint density at radius 2 is 1.64 bits per heavy atom. The summed E-state index contributed by atoms with van der Waals surface area (Å²) in [4.78, 5) is 22.3. The van der Waals surface area contributed by atoms with Crippen LogP contribution in [0.25, 0.3) is 10.6 Å². The molecule has 0 N–H and O–H groups in total. The lowest BCUT2D eigenvalue weighted by atomic mass is 10.1. The molecule has 0 unspecified atom stereocenters. The molecular weight excluding hydrogens is 330 g/mol. The van der Waals surface area contributed by atoms with E-state index < -0.39 is 0 Å². The lowest BCUT2D eigenvalue weighted by molar-refractivity contribution is 0.0783. The number of nitrogens with zero attached hydrogens (tertiary/aromatic N) is 3. The fourth-order valence-corrected chi connectivity index (χ4v) is 3.97. The first-order valence-corrected chi connectivity index (χ1v) is 9.71. The van der Waals surface area contributed by atoms with Crippen molar-refractivity contribution in [3.05, 3.63) is 39.9 Å². The highest BCUT2D eigenvalue weighted by atomic mass is 32.1. The Hall–Kier alpha value is -1.72. The fraction of sp³-hybridized carbons (Fsp3) is 0.500. The first-order valence-electron chi connectivity index (χ1n) is 8.89. The Labute approximate surface area is 155 Å². The van der Waals surface area contributed by atoms with E-state index in [1.54, 1.807) is 0 Å². The third kappa shape index (κ3) is 4.89. The molecule has 2 rings (SSSR count). The van der Waals surface area contributed by atoms with Crippen molar-refractivity contribution >= 4 is 17.2 Å². The van der Waals surface area contributed by atoms with Crippen molar-refractivity contribution in [1.29, 1.82) is 0 Å². The third-order valence-corrected chi connectivity index (χ3v) is 5.65. The number of amides is 1. The number of benzene rings is 1. The molecule has 0 atom stereocenters. The maximum absolute atomic E-state index is 12.8. The first-order chi connectivity index (χ1) is 11.8. The van der Waals surface area contributed by atoms with Gasteiger partial charge in [-0.05, 0) is 46.0 Å². The first kappa shape index (κ1) is 19.6. The van der Waals surface area contributed by atoms with Gasteiger partial charge in [-0.1, -0.05) is 31.0 Å². The second-order valence-corrected chi connectivity index (χ2v) is 7.56. The Balaban J connectivity index is 2.17. The predicted molar refractivity (Wildman–Crippen MR) is 107 cm³/mol. The molecule has 0 aliphatic heterocycles. The monoisotopic (exact) mass is 359 g/mol. The van der Waals surface area contributed by atoms with Crippen LogP contribution in [0.15, 0.2) is 18.2 Å². The van der Waals surface area contributed by atoms with Crippen LogP contribution in [0.3, 0.4) is 0 Å². The number of thiazole rings is 1. The van der Waals surface area contributed by atoms with E-state index in [2.05, 4.69) is 55.8 Å². The molecule has 25 heavy (non-hydrogen) atoms. The second-order valence-electron chi connectivity index (χ2n) is 6.56. The number of carbonyl (C=O) groups is 1. The molecule has 0 bridgehead atoms. The quantitative estimate of drug-likeness (QED) is 0.745. The van der Waals surface area contributed by atoms with Gasteiger partial charge in [0.15, 0.2) is 0 Å². The van der Waals surface area contributed by atoms with Crippen LogP contribution in [0.1, 0.15) is 40.3 Å². The van der Waals surface area contributed by atoms with Crippen molar-refractivity contribution < 1.29 is 4.79 Å². The molecule has 0 aliphatic carbocycles. The minimum Gasteiger partial charge on any atom is -0.340 e. The molecule has 1 aromatic carbocycles. The van der Waals surface area contributed by atoms with Crippen LogP contribution in [0.4, 0.5) is 0 Å². The summed E-state index contributed by atoms with van der Waals surface area (Å²) in [7, 11) is 1.88. The van der Waals surface area contributed by atoms with Gasteiger partial charge in [0, 0.05) is 25.7 Å². The van der Waals surface area contributed by atoms with Gasteiger partial charge in [-0.15, -0.1) is 11.3 Å². The van der Waals surface area contributed by atoms with Gasteiger partial charge in [-0.25, -0.2) is 4.98 Å². The summed E-state index contributed by atoms with van der Waals surface area (Å²) in [5, 5.41) is 0.921. The zero-order valence-electron chi connectivity index (χ0n) is 16.2. The molecule has 1 amide bonds. The van der Waals surface area contributed by atoms with Crippen molar-refractivity contribution in [1.82, 2.24) is 14.8 Å². The van der Waals surface area contributed by atoms with E-state index in [1.165, 1.54) is 22.5 Å². The molecule has 0 aliphatic rings. The maximum Gasteiger partial charge on any atom is 0.265 e. The van der Waals surface area contributed by atoms with E-state index in [9.17, 15) is 4.79 Å².